The van der Waals surface area contributed by atoms with E-state index in [1.165, 1.54) is 13.4 Å². The molecule has 2 heterocycles. The van der Waals surface area contributed by atoms with E-state index < -0.39 is 5.97 Å². The molecule has 0 amide bonds. The van der Waals surface area contributed by atoms with Gasteiger partial charge in [0, 0.05) is 5.56 Å². The number of nitrogens with zero attached hydrogens (tertiary/aromatic N) is 1. The Kier molecular flexibility index (Phi) is 2.94. The van der Waals surface area contributed by atoms with Crippen molar-refractivity contribution in [1.29, 1.82) is 0 Å². The molecular weight excluding hydrogens is 274 g/mol. The van der Waals surface area contributed by atoms with Gasteiger partial charge in [-0.1, -0.05) is 12.1 Å². The zero-order chi connectivity index (χ0) is 15.0. The molecule has 7 heteroatoms. The molecule has 7 nitrogen and oxygen atoms in total. The number of esters is 1. The fraction of sp³-hybridized carbons (Fsp3) is 0.0714. The van der Waals surface area contributed by atoms with E-state index in [1.807, 2.05) is 0 Å². The summed E-state index contributed by atoms with van der Waals surface area (Å²) in [5, 5.41) is 0.315. The lowest BCUT2D eigenvalue weighted by molar-refractivity contribution is 0.0601. The van der Waals surface area contributed by atoms with Crippen LogP contribution in [0.5, 0.6) is 0 Å². The Morgan fingerprint density at radius 3 is 2.71 bits per heavy atom. The second kappa shape index (κ2) is 4.78. The van der Waals surface area contributed by atoms with E-state index in [0.717, 1.165) is 5.56 Å². The van der Waals surface area contributed by atoms with Crippen LogP contribution in [0.2, 0.25) is 0 Å². The zero-order valence-corrected chi connectivity index (χ0v) is 11.0. The molecule has 0 unspecified atom stereocenters. The highest BCUT2D eigenvalue weighted by Gasteiger charge is 2.14. The number of aromatic amines is 1. The Morgan fingerprint density at radius 2 is 2.05 bits per heavy atom. The van der Waals surface area contributed by atoms with Crippen LogP contribution >= 0.6 is 0 Å². The number of fused-ring (bicyclic) bond motifs is 1. The predicted molar refractivity (Wildman–Crippen MR) is 75.8 cm³/mol. The highest BCUT2D eigenvalue weighted by Crippen LogP contribution is 2.27. The number of nitrogen functional groups attached to an aromatic ring is 1. The zero-order valence-electron chi connectivity index (χ0n) is 11.0. The maximum absolute atomic E-state index is 12.0. The lowest BCUT2D eigenvalue weighted by Crippen LogP contribution is -2.10. The Bertz CT molecular complexity index is 877. The number of anilines is 1. The number of furan rings is 1. The van der Waals surface area contributed by atoms with E-state index in [-0.39, 0.29) is 17.2 Å². The number of benzene rings is 1. The summed E-state index contributed by atoms with van der Waals surface area (Å²) in [6.45, 7) is 0. The number of nitrogens with one attached hydrogen (secondary N) is 1. The van der Waals surface area contributed by atoms with Gasteiger partial charge in [0.2, 0.25) is 11.7 Å². The number of carbonyl (C=O) groups is 1. The standard InChI is InChI=1S/C14H11N3O4/c1-20-13(19)8-4-2-7(3-5-8)9-6-21-12-10(9)11(18)16-14(15)17-12/h2-6H,1H3,(H3,15,16,17,18). The lowest BCUT2D eigenvalue weighted by Gasteiger charge is -2.01. The number of aromatic nitrogens is 2. The van der Waals surface area contributed by atoms with Crippen molar-refractivity contribution in [1.82, 2.24) is 9.97 Å². The van der Waals surface area contributed by atoms with Crippen LogP contribution in [0, 0.1) is 0 Å². The van der Waals surface area contributed by atoms with Gasteiger partial charge in [-0.2, -0.15) is 4.98 Å². The molecule has 1 aromatic carbocycles. The number of nitrogens with two attached hydrogens (primary N) is 1. The summed E-state index contributed by atoms with van der Waals surface area (Å²) in [5.74, 6) is -0.430. The Balaban J connectivity index is 2.13. The molecule has 2 aromatic heterocycles. The Morgan fingerprint density at radius 1 is 1.33 bits per heavy atom. The minimum absolute atomic E-state index is 0.00515. The molecule has 0 spiro atoms. The van der Waals surface area contributed by atoms with Crippen LogP contribution in [-0.4, -0.2) is 23.0 Å². The summed E-state index contributed by atoms with van der Waals surface area (Å²) in [7, 11) is 1.31. The summed E-state index contributed by atoms with van der Waals surface area (Å²) in [6.07, 6.45) is 1.43. The molecule has 0 aliphatic carbocycles. The monoisotopic (exact) mass is 285 g/mol. The molecule has 3 rings (SSSR count). The van der Waals surface area contributed by atoms with Gasteiger partial charge >= 0.3 is 5.97 Å². The minimum atomic E-state index is -0.425. The summed E-state index contributed by atoms with van der Waals surface area (Å²) in [5.41, 5.74) is 6.98. The quantitative estimate of drug-likeness (QED) is 0.691. The van der Waals surface area contributed by atoms with Crippen molar-refractivity contribution in [3.8, 4) is 11.1 Å². The second-order valence-electron chi connectivity index (χ2n) is 4.35. The number of rotatable bonds is 2. The number of carbonyl (C=O) groups excluding carboxylic acids is 1. The Hall–Kier alpha value is -3.09. The van der Waals surface area contributed by atoms with Crippen molar-refractivity contribution >= 4 is 23.0 Å². The highest BCUT2D eigenvalue weighted by molar-refractivity contribution is 5.93. The molecule has 0 bridgehead atoms. The number of methoxy groups -OCH3 is 1. The van der Waals surface area contributed by atoms with Crippen LogP contribution in [0.3, 0.4) is 0 Å². The van der Waals surface area contributed by atoms with Crippen LogP contribution < -0.4 is 11.3 Å². The van der Waals surface area contributed by atoms with Crippen molar-refractivity contribution < 1.29 is 13.9 Å². The minimum Gasteiger partial charge on any atom is -0.465 e. The third-order valence-corrected chi connectivity index (χ3v) is 3.08. The van der Waals surface area contributed by atoms with Crippen molar-refractivity contribution in [3.63, 3.8) is 0 Å². The van der Waals surface area contributed by atoms with Gasteiger partial charge in [0.1, 0.15) is 11.6 Å². The Labute approximate surface area is 118 Å². The summed E-state index contributed by atoms with van der Waals surface area (Å²) < 4.78 is 9.89. The predicted octanol–water partition coefficient (Wildman–Crippen LogP) is 1.55. The van der Waals surface area contributed by atoms with Crippen molar-refractivity contribution in [2.24, 2.45) is 0 Å². The first-order valence-corrected chi connectivity index (χ1v) is 6.06. The maximum atomic E-state index is 12.0. The normalized spacial score (nSPS) is 10.7. The number of hydrogen-bond acceptors (Lipinski definition) is 6. The topological polar surface area (TPSA) is 111 Å². The largest absolute Gasteiger partial charge is 0.465 e. The van der Waals surface area contributed by atoms with Crippen LogP contribution in [0.1, 0.15) is 10.4 Å². The molecule has 0 atom stereocenters. The molecule has 0 aliphatic rings. The van der Waals surface area contributed by atoms with E-state index in [2.05, 4.69) is 14.7 Å². The number of hydrogen-bond donors (Lipinski definition) is 2. The number of ether oxygens (including phenoxy) is 1. The third kappa shape index (κ3) is 2.14. The first kappa shape index (κ1) is 12.9. The first-order chi connectivity index (χ1) is 10.1. The average Bonchev–Trinajstić information content (AvgIpc) is 2.90. The van der Waals surface area contributed by atoms with Crippen molar-refractivity contribution in [2.75, 3.05) is 12.8 Å². The molecule has 0 aliphatic heterocycles. The molecule has 21 heavy (non-hydrogen) atoms. The van der Waals surface area contributed by atoms with Crippen molar-refractivity contribution in [2.45, 2.75) is 0 Å². The lowest BCUT2D eigenvalue weighted by atomic mass is 10.0. The summed E-state index contributed by atoms with van der Waals surface area (Å²) >= 11 is 0. The van der Waals surface area contributed by atoms with Gasteiger partial charge in [0.05, 0.1) is 12.7 Å². The molecular formula is C14H11N3O4. The van der Waals surface area contributed by atoms with Crippen molar-refractivity contribution in [3.05, 3.63) is 46.4 Å². The van der Waals surface area contributed by atoms with Gasteiger partial charge in [-0.15, -0.1) is 0 Å². The highest BCUT2D eigenvalue weighted by atomic mass is 16.5. The molecule has 0 fully saturated rings. The van der Waals surface area contributed by atoms with E-state index in [0.29, 0.717) is 16.5 Å². The molecule has 3 aromatic rings. The third-order valence-electron chi connectivity index (χ3n) is 3.08. The molecule has 0 saturated heterocycles. The van der Waals surface area contributed by atoms with Gasteiger partial charge in [0.15, 0.2) is 0 Å². The fourth-order valence-corrected chi connectivity index (χ4v) is 2.08. The van der Waals surface area contributed by atoms with E-state index in [1.54, 1.807) is 24.3 Å². The van der Waals surface area contributed by atoms with E-state index in [4.69, 9.17) is 10.2 Å². The average molecular weight is 285 g/mol. The smallest absolute Gasteiger partial charge is 0.337 e. The molecule has 106 valence electrons. The second-order valence-corrected chi connectivity index (χ2v) is 4.35. The van der Waals surface area contributed by atoms with Crippen LogP contribution in [0.15, 0.2) is 39.7 Å². The number of H-pyrrole nitrogens is 1. The van der Waals surface area contributed by atoms with E-state index in [9.17, 15) is 9.59 Å². The van der Waals surface area contributed by atoms with Gasteiger partial charge in [-0.3, -0.25) is 9.78 Å². The van der Waals surface area contributed by atoms with Gasteiger partial charge in [-0.05, 0) is 17.7 Å². The van der Waals surface area contributed by atoms with Crippen LogP contribution in [0.25, 0.3) is 22.2 Å². The molecule has 3 N–H and O–H groups in total. The van der Waals surface area contributed by atoms with E-state index >= 15 is 0 Å². The first-order valence-electron chi connectivity index (χ1n) is 6.06. The molecule has 0 radical (unpaired) electrons. The van der Waals surface area contributed by atoms with Gasteiger partial charge in [0.25, 0.3) is 5.56 Å². The van der Waals surface area contributed by atoms with Gasteiger partial charge < -0.3 is 14.9 Å². The SMILES string of the molecule is COC(=O)c1ccc(-c2coc3nc(N)[nH]c(=O)c23)cc1. The fourth-order valence-electron chi connectivity index (χ4n) is 2.08. The molecule has 0 saturated carbocycles. The van der Waals surface area contributed by atoms with Crippen LogP contribution in [0.4, 0.5) is 5.95 Å². The van der Waals surface area contributed by atoms with Crippen LogP contribution in [-0.2, 0) is 4.74 Å². The summed E-state index contributed by atoms with van der Waals surface area (Å²) in [6, 6.07) is 6.62. The van der Waals surface area contributed by atoms with Gasteiger partial charge in [-0.25, -0.2) is 4.79 Å². The maximum Gasteiger partial charge on any atom is 0.337 e. The summed E-state index contributed by atoms with van der Waals surface area (Å²) in [4.78, 5) is 29.7.